The molecule has 1 aromatic rings. The van der Waals surface area contributed by atoms with Crippen LogP contribution in [-0.4, -0.2) is 15.1 Å². The van der Waals surface area contributed by atoms with Crippen LogP contribution in [0.15, 0.2) is 12.5 Å². The number of aromatic nitrogens is 2. The van der Waals surface area contributed by atoms with Gasteiger partial charge in [0.2, 0.25) is 0 Å². The Morgan fingerprint density at radius 3 is 2.47 bits per heavy atom. The summed E-state index contributed by atoms with van der Waals surface area (Å²) in [7, 11) is 0. The maximum Gasteiger partial charge on any atom is 0.0950 e. The van der Waals surface area contributed by atoms with E-state index in [1.165, 1.54) is 18.5 Å². The lowest BCUT2D eigenvalue weighted by Crippen LogP contribution is -2.35. The maximum atomic E-state index is 6.08. The molecular formula is C14H27N3. The van der Waals surface area contributed by atoms with Crippen molar-refractivity contribution in [2.75, 3.05) is 0 Å². The fraction of sp³-hybridized carbons (Fsp3) is 0.786. The van der Waals surface area contributed by atoms with Gasteiger partial charge in [-0.1, -0.05) is 13.8 Å². The minimum Gasteiger partial charge on any atom is -0.332 e. The SMILES string of the molecule is CC(C)CCC(C)n1cncc1CC(C)(C)N. The highest BCUT2D eigenvalue weighted by Gasteiger charge is 2.17. The van der Waals surface area contributed by atoms with Gasteiger partial charge in [0.05, 0.1) is 6.33 Å². The molecule has 3 heteroatoms. The number of hydrogen-bond donors (Lipinski definition) is 1. The van der Waals surface area contributed by atoms with Gasteiger partial charge in [0, 0.05) is 29.9 Å². The number of nitrogens with zero attached hydrogens (tertiary/aromatic N) is 2. The maximum absolute atomic E-state index is 6.08. The van der Waals surface area contributed by atoms with Crippen molar-refractivity contribution in [2.24, 2.45) is 11.7 Å². The molecule has 2 N–H and O–H groups in total. The molecule has 98 valence electrons. The zero-order chi connectivity index (χ0) is 13.1. The quantitative estimate of drug-likeness (QED) is 0.826. The van der Waals surface area contributed by atoms with Crippen LogP contribution in [0.3, 0.4) is 0 Å². The van der Waals surface area contributed by atoms with E-state index < -0.39 is 0 Å². The van der Waals surface area contributed by atoms with E-state index in [0.29, 0.717) is 6.04 Å². The summed E-state index contributed by atoms with van der Waals surface area (Å²) in [5.41, 5.74) is 7.15. The minimum atomic E-state index is -0.171. The molecule has 0 bridgehead atoms. The van der Waals surface area contributed by atoms with Crippen LogP contribution in [0.5, 0.6) is 0 Å². The summed E-state index contributed by atoms with van der Waals surface area (Å²) in [4.78, 5) is 4.26. The summed E-state index contributed by atoms with van der Waals surface area (Å²) in [6, 6.07) is 0.511. The molecule has 17 heavy (non-hydrogen) atoms. The van der Waals surface area contributed by atoms with E-state index in [1.54, 1.807) is 0 Å². The minimum absolute atomic E-state index is 0.171. The molecule has 0 radical (unpaired) electrons. The number of rotatable bonds is 6. The topological polar surface area (TPSA) is 43.8 Å². The molecule has 0 aliphatic heterocycles. The largest absolute Gasteiger partial charge is 0.332 e. The summed E-state index contributed by atoms with van der Waals surface area (Å²) in [6.45, 7) is 10.9. The van der Waals surface area contributed by atoms with E-state index in [2.05, 4.69) is 44.2 Å². The van der Waals surface area contributed by atoms with Gasteiger partial charge in [-0.25, -0.2) is 4.98 Å². The van der Waals surface area contributed by atoms with Crippen molar-refractivity contribution in [3.63, 3.8) is 0 Å². The monoisotopic (exact) mass is 237 g/mol. The predicted octanol–water partition coefficient (Wildman–Crippen LogP) is 3.16. The average molecular weight is 237 g/mol. The molecule has 1 atom stereocenters. The van der Waals surface area contributed by atoms with Gasteiger partial charge in [-0.3, -0.25) is 0 Å². The van der Waals surface area contributed by atoms with Gasteiger partial charge in [-0.2, -0.15) is 0 Å². The van der Waals surface area contributed by atoms with Crippen molar-refractivity contribution >= 4 is 0 Å². The second-order valence-electron chi connectivity index (χ2n) is 6.28. The van der Waals surface area contributed by atoms with Crippen molar-refractivity contribution in [1.29, 1.82) is 0 Å². The zero-order valence-corrected chi connectivity index (χ0v) is 11.9. The first-order valence-corrected chi connectivity index (χ1v) is 6.59. The van der Waals surface area contributed by atoms with E-state index in [1.807, 2.05) is 12.5 Å². The number of imidazole rings is 1. The van der Waals surface area contributed by atoms with Crippen molar-refractivity contribution in [2.45, 2.75) is 65.5 Å². The van der Waals surface area contributed by atoms with Crippen LogP contribution in [0.4, 0.5) is 0 Å². The van der Waals surface area contributed by atoms with Gasteiger partial charge in [0.25, 0.3) is 0 Å². The predicted molar refractivity (Wildman–Crippen MR) is 73.0 cm³/mol. The number of nitrogens with two attached hydrogens (primary N) is 1. The lowest BCUT2D eigenvalue weighted by atomic mass is 9.99. The highest BCUT2D eigenvalue weighted by atomic mass is 15.1. The van der Waals surface area contributed by atoms with Crippen LogP contribution in [0.1, 0.15) is 59.2 Å². The molecular weight excluding hydrogens is 210 g/mol. The third-order valence-electron chi connectivity index (χ3n) is 3.02. The van der Waals surface area contributed by atoms with Crippen molar-refractivity contribution < 1.29 is 0 Å². The first kappa shape index (κ1) is 14.2. The van der Waals surface area contributed by atoms with E-state index in [-0.39, 0.29) is 5.54 Å². The normalized spacial score (nSPS) is 14.3. The average Bonchev–Trinajstić information content (AvgIpc) is 2.59. The van der Waals surface area contributed by atoms with E-state index in [9.17, 15) is 0 Å². The van der Waals surface area contributed by atoms with Crippen LogP contribution in [0.2, 0.25) is 0 Å². The Balaban J connectivity index is 2.67. The first-order chi connectivity index (χ1) is 7.79. The molecule has 0 fully saturated rings. The Bertz CT molecular complexity index is 333. The smallest absolute Gasteiger partial charge is 0.0950 e. The van der Waals surface area contributed by atoms with E-state index in [4.69, 9.17) is 5.73 Å². The Labute approximate surface area is 105 Å². The molecule has 0 saturated heterocycles. The van der Waals surface area contributed by atoms with E-state index >= 15 is 0 Å². The van der Waals surface area contributed by atoms with Crippen LogP contribution < -0.4 is 5.73 Å². The van der Waals surface area contributed by atoms with Gasteiger partial charge in [0.1, 0.15) is 0 Å². The molecule has 0 amide bonds. The Morgan fingerprint density at radius 2 is 1.94 bits per heavy atom. The zero-order valence-electron chi connectivity index (χ0n) is 11.9. The highest BCUT2D eigenvalue weighted by molar-refractivity contribution is 5.04. The standard InChI is InChI=1S/C14H27N3/c1-11(2)6-7-12(3)17-10-16-9-13(17)8-14(4,5)15/h9-12H,6-8,15H2,1-5H3. The van der Waals surface area contributed by atoms with Crippen LogP contribution in [0.25, 0.3) is 0 Å². The van der Waals surface area contributed by atoms with E-state index in [0.717, 1.165) is 12.3 Å². The van der Waals surface area contributed by atoms with Crippen molar-refractivity contribution in [1.82, 2.24) is 9.55 Å². The highest BCUT2D eigenvalue weighted by Crippen LogP contribution is 2.20. The Hall–Kier alpha value is -0.830. The van der Waals surface area contributed by atoms with Crippen LogP contribution in [0, 0.1) is 5.92 Å². The molecule has 0 saturated carbocycles. The van der Waals surface area contributed by atoms with Crippen molar-refractivity contribution in [3.8, 4) is 0 Å². The molecule has 1 unspecified atom stereocenters. The lowest BCUT2D eigenvalue weighted by molar-refractivity contribution is 0.416. The summed E-state index contributed by atoms with van der Waals surface area (Å²) >= 11 is 0. The summed E-state index contributed by atoms with van der Waals surface area (Å²) in [5.74, 6) is 0.760. The molecule has 0 aliphatic carbocycles. The van der Waals surface area contributed by atoms with Gasteiger partial charge >= 0.3 is 0 Å². The van der Waals surface area contributed by atoms with Gasteiger partial charge in [0.15, 0.2) is 0 Å². The molecule has 1 aromatic heterocycles. The van der Waals surface area contributed by atoms with Crippen molar-refractivity contribution in [3.05, 3.63) is 18.2 Å². The second-order valence-corrected chi connectivity index (χ2v) is 6.28. The van der Waals surface area contributed by atoms with Crippen LogP contribution in [-0.2, 0) is 6.42 Å². The fourth-order valence-corrected chi connectivity index (χ4v) is 2.05. The molecule has 0 aromatic carbocycles. The summed E-state index contributed by atoms with van der Waals surface area (Å²) < 4.78 is 2.27. The Kier molecular flexibility index (Phi) is 4.75. The third-order valence-corrected chi connectivity index (χ3v) is 3.02. The molecule has 1 rings (SSSR count). The summed E-state index contributed by atoms with van der Waals surface area (Å²) in [5, 5.41) is 0. The Morgan fingerprint density at radius 1 is 1.29 bits per heavy atom. The third kappa shape index (κ3) is 4.90. The second kappa shape index (κ2) is 5.67. The van der Waals surface area contributed by atoms with Gasteiger partial charge < -0.3 is 10.3 Å². The summed E-state index contributed by atoms with van der Waals surface area (Å²) in [6.07, 6.45) is 7.21. The van der Waals surface area contributed by atoms with Crippen LogP contribution >= 0.6 is 0 Å². The number of hydrogen-bond acceptors (Lipinski definition) is 2. The van der Waals surface area contributed by atoms with Gasteiger partial charge in [-0.05, 0) is 39.5 Å². The molecule has 1 heterocycles. The lowest BCUT2D eigenvalue weighted by Gasteiger charge is -2.22. The van der Waals surface area contributed by atoms with Gasteiger partial charge in [-0.15, -0.1) is 0 Å². The molecule has 0 spiro atoms. The molecule has 0 aliphatic rings. The first-order valence-electron chi connectivity index (χ1n) is 6.59. The molecule has 3 nitrogen and oxygen atoms in total. The fourth-order valence-electron chi connectivity index (χ4n) is 2.05.